The van der Waals surface area contributed by atoms with Gasteiger partial charge in [-0.1, -0.05) is 44.2 Å². The second kappa shape index (κ2) is 8.53. The maximum absolute atomic E-state index is 10.4. The van der Waals surface area contributed by atoms with Gasteiger partial charge < -0.3 is 10.3 Å². The van der Waals surface area contributed by atoms with Crippen molar-refractivity contribution in [2.24, 2.45) is 5.16 Å². The van der Waals surface area contributed by atoms with Crippen LogP contribution in [-0.4, -0.2) is 22.0 Å². The first kappa shape index (κ1) is 12.9. The SMILES string of the molecule is CCCCCCCCC(=NO)C(=O)O. The summed E-state index contributed by atoms with van der Waals surface area (Å²) in [6, 6.07) is 0. The van der Waals surface area contributed by atoms with Crippen LogP contribution in [-0.2, 0) is 4.79 Å². The quantitative estimate of drug-likeness (QED) is 0.274. The molecule has 0 aliphatic heterocycles. The van der Waals surface area contributed by atoms with Gasteiger partial charge in [-0.25, -0.2) is 4.79 Å². The molecule has 0 radical (unpaired) electrons. The van der Waals surface area contributed by atoms with Crippen LogP contribution in [0.2, 0.25) is 0 Å². The molecule has 0 spiro atoms. The first-order valence-electron chi connectivity index (χ1n) is 5.16. The molecule has 0 rings (SSSR count). The van der Waals surface area contributed by atoms with Crippen molar-refractivity contribution in [2.45, 2.75) is 51.9 Å². The first-order chi connectivity index (χ1) is 6.72. The predicted molar refractivity (Wildman–Crippen MR) is 54.9 cm³/mol. The van der Waals surface area contributed by atoms with Crippen molar-refractivity contribution in [3.05, 3.63) is 0 Å². The Morgan fingerprint density at radius 2 is 1.71 bits per heavy atom. The molecule has 0 saturated heterocycles. The molecule has 0 bridgehead atoms. The lowest BCUT2D eigenvalue weighted by atomic mass is 10.1. The summed E-state index contributed by atoms with van der Waals surface area (Å²) in [7, 11) is 0. The van der Waals surface area contributed by atoms with E-state index in [1.54, 1.807) is 0 Å². The summed E-state index contributed by atoms with van der Waals surface area (Å²) < 4.78 is 0. The van der Waals surface area contributed by atoms with Crippen LogP contribution in [0.25, 0.3) is 0 Å². The highest BCUT2D eigenvalue weighted by atomic mass is 16.4. The summed E-state index contributed by atoms with van der Waals surface area (Å²) in [6.07, 6.45) is 6.93. The third-order valence-corrected chi connectivity index (χ3v) is 2.13. The van der Waals surface area contributed by atoms with Crippen LogP contribution in [0.15, 0.2) is 5.16 Å². The second-order valence-corrected chi connectivity index (χ2v) is 3.37. The van der Waals surface area contributed by atoms with Crippen LogP contribution in [0.5, 0.6) is 0 Å². The molecule has 4 nitrogen and oxygen atoms in total. The topological polar surface area (TPSA) is 69.9 Å². The van der Waals surface area contributed by atoms with Crippen molar-refractivity contribution in [3.63, 3.8) is 0 Å². The number of aliphatic carboxylic acids is 1. The number of hydrogen-bond donors (Lipinski definition) is 2. The van der Waals surface area contributed by atoms with Gasteiger partial charge in [0.1, 0.15) is 0 Å². The van der Waals surface area contributed by atoms with E-state index in [0.29, 0.717) is 6.42 Å². The summed E-state index contributed by atoms with van der Waals surface area (Å²) in [6.45, 7) is 2.15. The van der Waals surface area contributed by atoms with Crippen LogP contribution < -0.4 is 0 Å². The van der Waals surface area contributed by atoms with Gasteiger partial charge >= 0.3 is 5.97 Å². The third kappa shape index (κ3) is 6.46. The van der Waals surface area contributed by atoms with Gasteiger partial charge in [-0.05, 0) is 6.42 Å². The van der Waals surface area contributed by atoms with Crippen molar-refractivity contribution in [3.8, 4) is 0 Å². The van der Waals surface area contributed by atoms with Crippen LogP contribution in [0.1, 0.15) is 51.9 Å². The lowest BCUT2D eigenvalue weighted by Crippen LogP contribution is -2.12. The summed E-state index contributed by atoms with van der Waals surface area (Å²) in [5.41, 5.74) is -0.138. The molecule has 0 aromatic rings. The van der Waals surface area contributed by atoms with E-state index in [0.717, 1.165) is 19.3 Å². The van der Waals surface area contributed by atoms with Gasteiger partial charge in [-0.2, -0.15) is 0 Å². The molecular weight excluding hydrogens is 182 g/mol. The molecule has 2 N–H and O–H groups in total. The van der Waals surface area contributed by atoms with E-state index in [2.05, 4.69) is 12.1 Å². The number of hydrogen-bond acceptors (Lipinski definition) is 3. The molecule has 0 unspecified atom stereocenters. The molecule has 0 aromatic heterocycles. The van der Waals surface area contributed by atoms with E-state index in [1.807, 2.05) is 0 Å². The van der Waals surface area contributed by atoms with Crippen molar-refractivity contribution in [1.82, 2.24) is 0 Å². The molecular formula is C10H19NO3. The minimum Gasteiger partial charge on any atom is -0.477 e. The van der Waals surface area contributed by atoms with Gasteiger partial charge in [0, 0.05) is 6.42 Å². The number of rotatable bonds is 8. The average molecular weight is 201 g/mol. The maximum Gasteiger partial charge on any atom is 0.353 e. The number of oxime groups is 1. The Kier molecular flexibility index (Phi) is 7.89. The number of carboxylic acids is 1. The zero-order valence-electron chi connectivity index (χ0n) is 8.70. The fraction of sp³-hybridized carbons (Fsp3) is 0.800. The molecule has 4 heteroatoms. The van der Waals surface area contributed by atoms with Crippen LogP contribution in [0.4, 0.5) is 0 Å². The fourth-order valence-corrected chi connectivity index (χ4v) is 1.27. The standard InChI is InChI=1S/C10H19NO3/c1-2-3-4-5-6-7-8-9(11-14)10(12)13/h14H,2-8H2,1H3,(H,12,13). The van der Waals surface area contributed by atoms with E-state index in [-0.39, 0.29) is 5.71 Å². The van der Waals surface area contributed by atoms with Crippen LogP contribution in [0, 0.1) is 0 Å². The molecule has 0 amide bonds. The molecule has 0 aromatic carbocycles. The van der Waals surface area contributed by atoms with Gasteiger partial charge in [0.2, 0.25) is 0 Å². The van der Waals surface area contributed by atoms with Crippen molar-refractivity contribution in [1.29, 1.82) is 0 Å². The van der Waals surface area contributed by atoms with Crippen LogP contribution in [0.3, 0.4) is 0 Å². The highest BCUT2D eigenvalue weighted by Gasteiger charge is 2.08. The summed E-state index contributed by atoms with van der Waals surface area (Å²) in [5, 5.41) is 19.6. The highest BCUT2D eigenvalue weighted by Crippen LogP contribution is 2.07. The van der Waals surface area contributed by atoms with Crippen molar-refractivity contribution < 1.29 is 15.1 Å². The van der Waals surface area contributed by atoms with Gasteiger partial charge in [0.05, 0.1) is 0 Å². The number of unbranched alkanes of at least 4 members (excludes halogenated alkanes) is 5. The number of carboxylic acid groups (broad SMARTS) is 1. The highest BCUT2D eigenvalue weighted by molar-refractivity contribution is 6.35. The molecule has 0 atom stereocenters. The molecule has 82 valence electrons. The maximum atomic E-state index is 10.4. The Morgan fingerprint density at radius 1 is 1.14 bits per heavy atom. The molecule has 0 fully saturated rings. The summed E-state index contributed by atoms with van der Waals surface area (Å²) >= 11 is 0. The molecule has 0 saturated carbocycles. The average Bonchev–Trinajstić information content (AvgIpc) is 2.16. The lowest BCUT2D eigenvalue weighted by Gasteiger charge is -2.00. The number of nitrogens with zero attached hydrogens (tertiary/aromatic N) is 1. The first-order valence-corrected chi connectivity index (χ1v) is 5.16. The van der Waals surface area contributed by atoms with Crippen molar-refractivity contribution in [2.75, 3.05) is 0 Å². The Hall–Kier alpha value is -1.06. The van der Waals surface area contributed by atoms with E-state index in [4.69, 9.17) is 10.3 Å². The molecule has 0 heterocycles. The second-order valence-electron chi connectivity index (χ2n) is 3.37. The monoisotopic (exact) mass is 201 g/mol. The Labute approximate surface area is 84.6 Å². The van der Waals surface area contributed by atoms with E-state index in [1.165, 1.54) is 19.3 Å². The number of carbonyl (C=O) groups is 1. The van der Waals surface area contributed by atoms with Gasteiger partial charge in [-0.3, -0.25) is 0 Å². The lowest BCUT2D eigenvalue weighted by molar-refractivity contribution is -0.129. The smallest absolute Gasteiger partial charge is 0.353 e. The Bertz CT molecular complexity index is 190. The molecule has 0 aliphatic carbocycles. The largest absolute Gasteiger partial charge is 0.477 e. The fourth-order valence-electron chi connectivity index (χ4n) is 1.27. The zero-order chi connectivity index (χ0) is 10.8. The van der Waals surface area contributed by atoms with E-state index in [9.17, 15) is 4.79 Å². The Morgan fingerprint density at radius 3 is 2.21 bits per heavy atom. The van der Waals surface area contributed by atoms with E-state index < -0.39 is 5.97 Å². The van der Waals surface area contributed by atoms with Gasteiger partial charge in [-0.15, -0.1) is 0 Å². The molecule has 0 aliphatic rings. The Balaban J connectivity index is 3.39. The van der Waals surface area contributed by atoms with E-state index >= 15 is 0 Å². The predicted octanol–water partition coefficient (Wildman–Crippen LogP) is 2.65. The minimum absolute atomic E-state index is 0.138. The van der Waals surface area contributed by atoms with Gasteiger partial charge in [0.15, 0.2) is 5.71 Å². The van der Waals surface area contributed by atoms with Gasteiger partial charge in [0.25, 0.3) is 0 Å². The van der Waals surface area contributed by atoms with Crippen LogP contribution >= 0.6 is 0 Å². The summed E-state index contributed by atoms with van der Waals surface area (Å²) in [5.74, 6) is -1.12. The van der Waals surface area contributed by atoms with Crippen molar-refractivity contribution >= 4 is 11.7 Å². The normalized spacial score (nSPS) is 11.6. The summed E-state index contributed by atoms with van der Waals surface area (Å²) in [4.78, 5) is 10.4. The third-order valence-electron chi connectivity index (χ3n) is 2.13. The minimum atomic E-state index is -1.12. The zero-order valence-corrected chi connectivity index (χ0v) is 8.70. The molecule has 14 heavy (non-hydrogen) atoms.